The monoisotopic (exact) mass is 456 g/mol. The maximum Gasteiger partial charge on any atom is 0.253 e. The number of nitrogens with one attached hydrogen (secondary N) is 2. The van der Waals surface area contributed by atoms with E-state index in [9.17, 15) is 14.4 Å². The third-order valence-electron chi connectivity index (χ3n) is 6.00. The van der Waals surface area contributed by atoms with Gasteiger partial charge in [-0.3, -0.25) is 19.4 Å². The molecule has 1 unspecified atom stereocenters. The van der Waals surface area contributed by atoms with Crippen LogP contribution in [0.5, 0.6) is 0 Å². The summed E-state index contributed by atoms with van der Waals surface area (Å²) < 4.78 is 0. The number of rotatable bonds is 7. The van der Waals surface area contributed by atoms with E-state index in [4.69, 9.17) is 0 Å². The molecule has 1 fully saturated rings. The first kappa shape index (κ1) is 23.2. The van der Waals surface area contributed by atoms with Crippen LogP contribution in [-0.2, 0) is 11.2 Å². The normalized spacial score (nSPS) is 14.8. The lowest BCUT2D eigenvalue weighted by atomic mass is 10.0. The van der Waals surface area contributed by atoms with Crippen LogP contribution >= 0.6 is 0 Å². The summed E-state index contributed by atoms with van der Waals surface area (Å²) in [6.45, 7) is 1.12. The Balaban J connectivity index is 1.37. The fourth-order valence-corrected chi connectivity index (χ4v) is 4.10. The van der Waals surface area contributed by atoms with Crippen molar-refractivity contribution in [3.8, 4) is 0 Å². The van der Waals surface area contributed by atoms with Crippen molar-refractivity contribution in [2.45, 2.75) is 31.3 Å². The molecule has 7 nitrogen and oxygen atoms in total. The first-order chi connectivity index (χ1) is 16.6. The number of pyridine rings is 1. The van der Waals surface area contributed by atoms with Crippen molar-refractivity contribution >= 4 is 17.7 Å². The Morgan fingerprint density at radius 2 is 1.47 bits per heavy atom. The van der Waals surface area contributed by atoms with Crippen LogP contribution in [0.3, 0.4) is 0 Å². The maximum atomic E-state index is 13.2. The Bertz CT molecular complexity index is 1100. The zero-order valence-corrected chi connectivity index (χ0v) is 18.9. The minimum atomic E-state index is -0.702. The van der Waals surface area contributed by atoms with Crippen LogP contribution in [-0.4, -0.2) is 52.8 Å². The highest BCUT2D eigenvalue weighted by atomic mass is 16.2. The molecule has 1 aromatic heterocycles. The molecule has 1 aliphatic heterocycles. The number of likely N-dealkylation sites (tertiary alicyclic amines) is 1. The number of piperidine rings is 1. The van der Waals surface area contributed by atoms with Crippen molar-refractivity contribution < 1.29 is 14.4 Å². The van der Waals surface area contributed by atoms with Gasteiger partial charge >= 0.3 is 0 Å². The van der Waals surface area contributed by atoms with E-state index in [1.165, 1.54) is 0 Å². The lowest BCUT2D eigenvalue weighted by Crippen LogP contribution is -2.53. The summed E-state index contributed by atoms with van der Waals surface area (Å²) in [5, 5.41) is 5.99. The van der Waals surface area contributed by atoms with Gasteiger partial charge in [0.15, 0.2) is 0 Å². The average Bonchev–Trinajstić information content (AvgIpc) is 2.90. The van der Waals surface area contributed by atoms with Gasteiger partial charge in [-0.15, -0.1) is 0 Å². The third kappa shape index (κ3) is 6.07. The van der Waals surface area contributed by atoms with Gasteiger partial charge in [0.05, 0.1) is 0 Å². The number of amides is 3. The largest absolute Gasteiger partial charge is 0.351 e. The Kier molecular flexibility index (Phi) is 7.65. The minimum absolute atomic E-state index is 0.0238. The summed E-state index contributed by atoms with van der Waals surface area (Å²) in [5.41, 5.74) is 2.09. The Labute approximate surface area is 199 Å². The van der Waals surface area contributed by atoms with Gasteiger partial charge in [0, 0.05) is 49.1 Å². The number of aromatic nitrogens is 1. The Morgan fingerprint density at radius 1 is 0.853 bits per heavy atom. The molecule has 0 saturated carbocycles. The zero-order chi connectivity index (χ0) is 23.8. The van der Waals surface area contributed by atoms with E-state index >= 15 is 0 Å². The molecule has 0 radical (unpaired) electrons. The summed E-state index contributed by atoms with van der Waals surface area (Å²) in [5.74, 6) is -0.522. The Morgan fingerprint density at radius 3 is 2.12 bits per heavy atom. The van der Waals surface area contributed by atoms with Crippen molar-refractivity contribution in [3.05, 3.63) is 102 Å². The van der Waals surface area contributed by atoms with E-state index in [1.54, 1.807) is 53.7 Å². The van der Waals surface area contributed by atoms with Gasteiger partial charge in [0.25, 0.3) is 11.8 Å². The Hall–Kier alpha value is -4.00. The highest BCUT2D eigenvalue weighted by molar-refractivity contribution is 5.97. The fourth-order valence-electron chi connectivity index (χ4n) is 4.10. The van der Waals surface area contributed by atoms with Crippen LogP contribution in [0.2, 0.25) is 0 Å². The second-order valence-electron chi connectivity index (χ2n) is 8.39. The summed E-state index contributed by atoms with van der Waals surface area (Å²) in [6.07, 6.45) is 4.93. The van der Waals surface area contributed by atoms with Crippen molar-refractivity contribution in [1.29, 1.82) is 0 Å². The van der Waals surface area contributed by atoms with Crippen molar-refractivity contribution in [2.24, 2.45) is 0 Å². The number of carbonyl (C=O) groups excluding carboxylic acids is 3. The fraction of sp³-hybridized carbons (Fsp3) is 0.259. The van der Waals surface area contributed by atoms with Gasteiger partial charge in [0.1, 0.15) is 6.04 Å². The average molecular weight is 457 g/mol. The van der Waals surface area contributed by atoms with Gasteiger partial charge in [-0.2, -0.15) is 0 Å². The van der Waals surface area contributed by atoms with Crippen LogP contribution < -0.4 is 10.6 Å². The molecule has 34 heavy (non-hydrogen) atoms. The molecule has 0 aliphatic carbocycles. The summed E-state index contributed by atoms with van der Waals surface area (Å²) in [6, 6.07) is 21.2. The second-order valence-corrected chi connectivity index (χ2v) is 8.39. The number of benzene rings is 2. The predicted octanol–water partition coefficient (Wildman–Crippen LogP) is 2.84. The van der Waals surface area contributed by atoms with Gasteiger partial charge in [0.2, 0.25) is 5.91 Å². The zero-order valence-electron chi connectivity index (χ0n) is 18.9. The summed E-state index contributed by atoms with van der Waals surface area (Å²) >= 11 is 0. The maximum absolute atomic E-state index is 13.2. The topological polar surface area (TPSA) is 91.4 Å². The number of carbonyl (C=O) groups is 3. The third-order valence-corrected chi connectivity index (χ3v) is 6.00. The molecule has 0 bridgehead atoms. The highest BCUT2D eigenvalue weighted by Crippen LogP contribution is 2.15. The molecule has 0 spiro atoms. The molecule has 4 rings (SSSR count). The molecular weight excluding hydrogens is 428 g/mol. The SMILES string of the molecule is O=C(NC(Cc1ccccc1)C(=O)NC1CCN(C(=O)c2ccncc2)CC1)c1ccccc1. The molecule has 3 aromatic rings. The molecule has 2 heterocycles. The van der Waals surface area contributed by atoms with Crippen LogP contribution in [0, 0.1) is 0 Å². The molecule has 1 aliphatic rings. The molecule has 7 heteroatoms. The van der Waals surface area contributed by atoms with Crippen LogP contribution in [0.1, 0.15) is 39.1 Å². The van der Waals surface area contributed by atoms with Gasteiger partial charge in [-0.25, -0.2) is 0 Å². The van der Waals surface area contributed by atoms with E-state index < -0.39 is 6.04 Å². The highest BCUT2D eigenvalue weighted by Gasteiger charge is 2.28. The van der Waals surface area contributed by atoms with E-state index in [1.807, 2.05) is 36.4 Å². The molecule has 1 saturated heterocycles. The molecule has 2 aromatic carbocycles. The quantitative estimate of drug-likeness (QED) is 0.572. The number of nitrogens with zero attached hydrogens (tertiary/aromatic N) is 2. The molecule has 1 atom stereocenters. The molecule has 3 amide bonds. The lowest BCUT2D eigenvalue weighted by molar-refractivity contribution is -0.123. The second kappa shape index (κ2) is 11.2. The predicted molar refractivity (Wildman–Crippen MR) is 129 cm³/mol. The van der Waals surface area contributed by atoms with Crippen LogP contribution in [0.15, 0.2) is 85.2 Å². The summed E-state index contributed by atoms with van der Waals surface area (Å²) in [4.78, 5) is 44.4. The van der Waals surface area contributed by atoms with Crippen LogP contribution in [0.4, 0.5) is 0 Å². The van der Waals surface area contributed by atoms with E-state index in [0.29, 0.717) is 43.5 Å². The first-order valence-electron chi connectivity index (χ1n) is 11.5. The minimum Gasteiger partial charge on any atom is -0.351 e. The van der Waals surface area contributed by atoms with Gasteiger partial charge in [-0.1, -0.05) is 48.5 Å². The summed E-state index contributed by atoms with van der Waals surface area (Å²) in [7, 11) is 0. The van der Waals surface area contributed by atoms with E-state index in [-0.39, 0.29) is 23.8 Å². The molecule has 2 N–H and O–H groups in total. The van der Waals surface area contributed by atoms with E-state index in [0.717, 1.165) is 5.56 Å². The lowest BCUT2D eigenvalue weighted by Gasteiger charge is -2.33. The van der Waals surface area contributed by atoms with E-state index in [2.05, 4.69) is 15.6 Å². The molecular formula is C27H28N4O3. The number of hydrogen-bond donors (Lipinski definition) is 2. The van der Waals surface area contributed by atoms with Crippen molar-refractivity contribution in [1.82, 2.24) is 20.5 Å². The number of hydrogen-bond acceptors (Lipinski definition) is 4. The van der Waals surface area contributed by atoms with Gasteiger partial charge < -0.3 is 15.5 Å². The standard InChI is InChI=1S/C27H28N4O3/c32-25(21-9-5-2-6-10-21)30-24(19-20-7-3-1-4-8-20)26(33)29-23-13-17-31(18-14-23)27(34)22-11-15-28-16-12-22/h1-12,15-16,23-24H,13-14,17-19H2,(H,29,33)(H,30,32). The van der Waals surface area contributed by atoms with Gasteiger partial charge in [-0.05, 0) is 42.7 Å². The smallest absolute Gasteiger partial charge is 0.253 e. The van der Waals surface area contributed by atoms with Crippen molar-refractivity contribution in [2.75, 3.05) is 13.1 Å². The van der Waals surface area contributed by atoms with Crippen molar-refractivity contribution in [3.63, 3.8) is 0 Å². The van der Waals surface area contributed by atoms with Crippen LogP contribution in [0.25, 0.3) is 0 Å². The first-order valence-corrected chi connectivity index (χ1v) is 11.5. The molecule has 174 valence electrons.